The fourth-order valence-corrected chi connectivity index (χ4v) is 1.82. The molecule has 0 radical (unpaired) electrons. The largest absolute Gasteiger partial charge is 0.345 e. The highest BCUT2D eigenvalue weighted by atomic mass is 32.2. The molecule has 1 atom stereocenters. The number of thioether (sulfide) groups is 1. The molecule has 1 N–H and O–H groups in total. The molecule has 2 amide bonds. The average molecular weight is 216 g/mol. The standard InChI is InChI=1S/C9H16N2O2S/c1-7-9(13)11(5-6-14-2)4-3-8(12)10-7/h7H,3-6H2,1-2H3,(H,10,12). The van der Waals surface area contributed by atoms with Crippen LogP contribution < -0.4 is 5.32 Å². The minimum Gasteiger partial charge on any atom is -0.345 e. The third kappa shape index (κ3) is 2.90. The summed E-state index contributed by atoms with van der Waals surface area (Å²) >= 11 is 1.71. The second-order valence-electron chi connectivity index (χ2n) is 3.36. The zero-order chi connectivity index (χ0) is 10.6. The molecule has 0 aromatic heterocycles. The van der Waals surface area contributed by atoms with Crippen LogP contribution in [-0.4, -0.2) is 47.9 Å². The van der Waals surface area contributed by atoms with Crippen molar-refractivity contribution in [1.29, 1.82) is 0 Å². The second kappa shape index (κ2) is 5.24. The van der Waals surface area contributed by atoms with Crippen molar-refractivity contribution in [3.05, 3.63) is 0 Å². The van der Waals surface area contributed by atoms with Gasteiger partial charge in [-0.05, 0) is 13.2 Å². The maximum atomic E-state index is 11.7. The third-order valence-corrected chi connectivity index (χ3v) is 2.82. The van der Waals surface area contributed by atoms with Gasteiger partial charge in [0.25, 0.3) is 0 Å². The van der Waals surface area contributed by atoms with Crippen molar-refractivity contribution in [2.75, 3.05) is 25.1 Å². The number of carbonyl (C=O) groups excluding carboxylic acids is 2. The van der Waals surface area contributed by atoms with E-state index >= 15 is 0 Å². The van der Waals surface area contributed by atoms with E-state index in [9.17, 15) is 9.59 Å². The van der Waals surface area contributed by atoms with Crippen molar-refractivity contribution in [1.82, 2.24) is 10.2 Å². The van der Waals surface area contributed by atoms with E-state index in [0.29, 0.717) is 13.0 Å². The van der Waals surface area contributed by atoms with Crippen LogP contribution >= 0.6 is 11.8 Å². The van der Waals surface area contributed by atoms with E-state index in [2.05, 4.69) is 5.32 Å². The van der Waals surface area contributed by atoms with Crippen LogP contribution in [0.4, 0.5) is 0 Å². The first kappa shape index (κ1) is 11.4. The van der Waals surface area contributed by atoms with E-state index < -0.39 is 0 Å². The van der Waals surface area contributed by atoms with Gasteiger partial charge >= 0.3 is 0 Å². The Morgan fingerprint density at radius 1 is 1.57 bits per heavy atom. The van der Waals surface area contributed by atoms with Gasteiger partial charge in [0.15, 0.2) is 0 Å². The maximum Gasteiger partial charge on any atom is 0.244 e. The summed E-state index contributed by atoms with van der Waals surface area (Å²) in [5.41, 5.74) is 0. The Labute approximate surface area is 88.4 Å². The minimum atomic E-state index is -0.369. The molecule has 1 unspecified atom stereocenters. The molecule has 1 aliphatic rings. The molecule has 1 rings (SSSR count). The molecule has 1 fully saturated rings. The number of hydrogen-bond acceptors (Lipinski definition) is 3. The summed E-state index contributed by atoms with van der Waals surface area (Å²) < 4.78 is 0. The van der Waals surface area contributed by atoms with Crippen molar-refractivity contribution < 1.29 is 9.59 Å². The summed E-state index contributed by atoms with van der Waals surface area (Å²) in [6, 6.07) is -0.369. The molecule has 1 aliphatic heterocycles. The highest BCUT2D eigenvalue weighted by Gasteiger charge is 2.25. The van der Waals surface area contributed by atoms with Gasteiger partial charge in [-0.25, -0.2) is 0 Å². The maximum absolute atomic E-state index is 11.7. The van der Waals surface area contributed by atoms with Gasteiger partial charge in [0.05, 0.1) is 0 Å². The van der Waals surface area contributed by atoms with Gasteiger partial charge in [0.2, 0.25) is 11.8 Å². The third-order valence-electron chi connectivity index (χ3n) is 2.23. The predicted molar refractivity (Wildman–Crippen MR) is 57.2 cm³/mol. The van der Waals surface area contributed by atoms with E-state index in [-0.39, 0.29) is 17.9 Å². The Morgan fingerprint density at radius 3 is 2.93 bits per heavy atom. The highest BCUT2D eigenvalue weighted by molar-refractivity contribution is 7.98. The number of rotatable bonds is 3. The lowest BCUT2D eigenvalue weighted by molar-refractivity contribution is -0.132. The molecule has 0 bridgehead atoms. The Hall–Kier alpha value is -0.710. The molecule has 0 spiro atoms. The van der Waals surface area contributed by atoms with E-state index in [0.717, 1.165) is 12.3 Å². The Morgan fingerprint density at radius 2 is 2.29 bits per heavy atom. The first-order valence-corrected chi connectivity index (χ1v) is 6.11. The van der Waals surface area contributed by atoms with Gasteiger partial charge in [0, 0.05) is 25.3 Å². The fourth-order valence-electron chi connectivity index (χ4n) is 1.42. The Bertz CT molecular complexity index is 233. The summed E-state index contributed by atoms with van der Waals surface area (Å²) in [6.07, 6.45) is 2.43. The van der Waals surface area contributed by atoms with Crippen molar-refractivity contribution in [2.24, 2.45) is 0 Å². The molecule has 0 aromatic rings. The molecule has 0 aliphatic carbocycles. The topological polar surface area (TPSA) is 49.4 Å². The molecular weight excluding hydrogens is 200 g/mol. The van der Waals surface area contributed by atoms with Crippen LogP contribution in [0.3, 0.4) is 0 Å². The summed E-state index contributed by atoms with van der Waals surface area (Å²) in [4.78, 5) is 24.6. The predicted octanol–water partition coefficient (Wildman–Crippen LogP) is 0.0864. The molecule has 0 saturated carbocycles. The van der Waals surface area contributed by atoms with Gasteiger partial charge in [-0.3, -0.25) is 9.59 Å². The van der Waals surface area contributed by atoms with Crippen LogP contribution in [0.5, 0.6) is 0 Å². The summed E-state index contributed by atoms with van der Waals surface area (Å²) in [5.74, 6) is 0.925. The quantitative estimate of drug-likeness (QED) is 0.727. The van der Waals surface area contributed by atoms with Gasteiger partial charge in [-0.1, -0.05) is 0 Å². The minimum absolute atomic E-state index is 0.0301. The first-order chi connectivity index (χ1) is 6.65. The van der Waals surface area contributed by atoms with E-state index in [4.69, 9.17) is 0 Å². The molecule has 5 heteroatoms. The zero-order valence-electron chi connectivity index (χ0n) is 8.58. The smallest absolute Gasteiger partial charge is 0.244 e. The van der Waals surface area contributed by atoms with Crippen LogP contribution in [-0.2, 0) is 9.59 Å². The van der Waals surface area contributed by atoms with Crippen molar-refractivity contribution in [3.63, 3.8) is 0 Å². The number of carbonyl (C=O) groups is 2. The molecule has 14 heavy (non-hydrogen) atoms. The number of amides is 2. The van der Waals surface area contributed by atoms with Crippen molar-refractivity contribution >= 4 is 23.6 Å². The Balaban J connectivity index is 2.56. The lowest BCUT2D eigenvalue weighted by atomic mass is 10.3. The molecule has 80 valence electrons. The van der Waals surface area contributed by atoms with Crippen molar-refractivity contribution in [3.8, 4) is 0 Å². The van der Waals surface area contributed by atoms with E-state index in [1.165, 1.54) is 0 Å². The molecule has 4 nitrogen and oxygen atoms in total. The van der Waals surface area contributed by atoms with Crippen LogP contribution in [0.2, 0.25) is 0 Å². The molecule has 1 heterocycles. The number of hydrogen-bond donors (Lipinski definition) is 1. The van der Waals surface area contributed by atoms with Gasteiger partial charge < -0.3 is 10.2 Å². The van der Waals surface area contributed by atoms with Crippen LogP contribution in [0.1, 0.15) is 13.3 Å². The van der Waals surface area contributed by atoms with Crippen molar-refractivity contribution in [2.45, 2.75) is 19.4 Å². The normalized spacial score (nSPS) is 23.3. The highest BCUT2D eigenvalue weighted by Crippen LogP contribution is 2.04. The molecular formula is C9H16N2O2S. The molecule has 1 saturated heterocycles. The van der Waals surface area contributed by atoms with Gasteiger partial charge in [-0.2, -0.15) is 11.8 Å². The first-order valence-electron chi connectivity index (χ1n) is 4.72. The number of nitrogens with zero attached hydrogens (tertiary/aromatic N) is 1. The van der Waals surface area contributed by atoms with Gasteiger partial charge in [-0.15, -0.1) is 0 Å². The number of nitrogens with one attached hydrogen (secondary N) is 1. The lowest BCUT2D eigenvalue weighted by Gasteiger charge is -2.21. The summed E-state index contributed by atoms with van der Waals surface area (Å²) in [6.45, 7) is 3.02. The molecule has 0 aromatic carbocycles. The van der Waals surface area contributed by atoms with Crippen LogP contribution in [0.25, 0.3) is 0 Å². The fraction of sp³-hybridized carbons (Fsp3) is 0.778. The summed E-state index contributed by atoms with van der Waals surface area (Å²) in [5, 5.41) is 2.66. The van der Waals surface area contributed by atoms with Gasteiger partial charge in [0.1, 0.15) is 6.04 Å². The van der Waals surface area contributed by atoms with E-state index in [1.54, 1.807) is 23.6 Å². The Kier molecular flexibility index (Phi) is 4.25. The van der Waals surface area contributed by atoms with Crippen LogP contribution in [0, 0.1) is 0 Å². The SMILES string of the molecule is CSCCN1CCC(=O)NC(C)C1=O. The lowest BCUT2D eigenvalue weighted by Crippen LogP contribution is -2.43. The monoisotopic (exact) mass is 216 g/mol. The van der Waals surface area contributed by atoms with E-state index in [1.807, 2.05) is 6.26 Å². The summed E-state index contributed by atoms with van der Waals surface area (Å²) in [7, 11) is 0. The second-order valence-corrected chi connectivity index (χ2v) is 4.34. The van der Waals surface area contributed by atoms with Crippen LogP contribution in [0.15, 0.2) is 0 Å². The zero-order valence-corrected chi connectivity index (χ0v) is 9.39. The average Bonchev–Trinajstić information content (AvgIpc) is 2.26.